The van der Waals surface area contributed by atoms with Gasteiger partial charge < -0.3 is 15.1 Å². The molecule has 0 saturated carbocycles. The molecule has 1 aromatic carbocycles. The highest BCUT2D eigenvalue weighted by Gasteiger charge is 2.25. The van der Waals surface area contributed by atoms with Crippen LogP contribution in [0.5, 0.6) is 0 Å². The van der Waals surface area contributed by atoms with Gasteiger partial charge in [-0.05, 0) is 37.6 Å². The van der Waals surface area contributed by atoms with Crippen molar-refractivity contribution in [2.75, 3.05) is 31.1 Å². The molecule has 1 N–H and O–H groups in total. The molecule has 0 aliphatic carbocycles. The number of carbonyl (C=O) groups is 2. The van der Waals surface area contributed by atoms with Crippen molar-refractivity contribution in [2.24, 2.45) is 0 Å². The van der Waals surface area contributed by atoms with E-state index < -0.39 is 0 Å². The summed E-state index contributed by atoms with van der Waals surface area (Å²) in [7, 11) is 0. The van der Waals surface area contributed by atoms with Gasteiger partial charge >= 0.3 is 0 Å². The van der Waals surface area contributed by atoms with Crippen LogP contribution in [-0.4, -0.2) is 53.9 Å². The molecule has 0 bridgehead atoms. The molecule has 1 aromatic heterocycles. The Balaban J connectivity index is 1.65. The smallest absolute Gasteiger partial charge is 0.272 e. The lowest BCUT2D eigenvalue weighted by atomic mass is 10.2. The molecule has 28 heavy (non-hydrogen) atoms. The van der Waals surface area contributed by atoms with Gasteiger partial charge in [0.05, 0.1) is 5.69 Å². The predicted octanol–water partition coefficient (Wildman–Crippen LogP) is 2.71. The number of rotatable bonds is 5. The van der Waals surface area contributed by atoms with Gasteiger partial charge in [-0.1, -0.05) is 25.1 Å². The zero-order chi connectivity index (χ0) is 20.1. The Morgan fingerprint density at radius 1 is 1.07 bits per heavy atom. The van der Waals surface area contributed by atoms with E-state index in [0.29, 0.717) is 31.9 Å². The summed E-state index contributed by atoms with van der Waals surface area (Å²) >= 11 is 0. The Kier molecular flexibility index (Phi) is 6.23. The van der Waals surface area contributed by atoms with E-state index >= 15 is 0 Å². The van der Waals surface area contributed by atoms with Gasteiger partial charge in [0.2, 0.25) is 0 Å². The molecule has 3 rings (SSSR count). The third-order valence-corrected chi connectivity index (χ3v) is 4.95. The van der Waals surface area contributed by atoms with E-state index in [1.807, 2.05) is 18.7 Å². The number of anilines is 1. The maximum absolute atomic E-state index is 14.0. The van der Waals surface area contributed by atoms with Gasteiger partial charge in [-0.3, -0.25) is 9.59 Å². The largest absolute Gasteiger partial charge is 0.366 e. The number of piperazine rings is 1. The van der Waals surface area contributed by atoms with Gasteiger partial charge in [0.1, 0.15) is 17.2 Å². The highest BCUT2D eigenvalue weighted by molar-refractivity contribution is 5.96. The summed E-state index contributed by atoms with van der Waals surface area (Å²) < 4.78 is 14.0. The van der Waals surface area contributed by atoms with Crippen molar-refractivity contribution in [1.29, 1.82) is 0 Å². The average molecular weight is 384 g/mol. The van der Waals surface area contributed by atoms with Crippen LogP contribution in [0.25, 0.3) is 0 Å². The molecule has 2 heterocycles. The minimum Gasteiger partial charge on any atom is -0.366 e. The molecule has 2 amide bonds. The Labute approximate surface area is 164 Å². The first-order valence-corrected chi connectivity index (χ1v) is 9.56. The van der Waals surface area contributed by atoms with Crippen LogP contribution in [0.4, 0.5) is 10.1 Å². The number of hydrogen-bond donors (Lipinski definition) is 1. The summed E-state index contributed by atoms with van der Waals surface area (Å²) in [6, 6.07) is 11.6. The molecule has 148 valence electrons. The monoisotopic (exact) mass is 384 g/mol. The first kappa shape index (κ1) is 19.8. The summed E-state index contributed by atoms with van der Waals surface area (Å²) in [4.78, 5) is 32.9. The van der Waals surface area contributed by atoms with Gasteiger partial charge in [0, 0.05) is 32.2 Å². The fourth-order valence-electron chi connectivity index (χ4n) is 3.10. The van der Waals surface area contributed by atoms with Crippen molar-refractivity contribution in [3.63, 3.8) is 0 Å². The zero-order valence-corrected chi connectivity index (χ0v) is 16.2. The number of nitrogens with one attached hydrogen (secondary N) is 1. The van der Waals surface area contributed by atoms with Gasteiger partial charge in [0.15, 0.2) is 0 Å². The van der Waals surface area contributed by atoms with Crippen molar-refractivity contribution in [3.8, 4) is 0 Å². The first-order valence-electron chi connectivity index (χ1n) is 9.56. The third-order valence-electron chi connectivity index (χ3n) is 4.95. The van der Waals surface area contributed by atoms with Crippen LogP contribution in [0.15, 0.2) is 42.5 Å². The first-order chi connectivity index (χ1) is 13.5. The maximum atomic E-state index is 14.0. The van der Waals surface area contributed by atoms with Crippen LogP contribution >= 0.6 is 0 Å². The molecular weight excluding hydrogens is 359 g/mol. The Hall–Kier alpha value is -2.96. The van der Waals surface area contributed by atoms with Crippen molar-refractivity contribution in [2.45, 2.75) is 26.3 Å². The summed E-state index contributed by atoms with van der Waals surface area (Å²) in [6.45, 7) is 5.93. The molecular formula is C21H25FN4O2. The minimum absolute atomic E-state index is 0.0418. The third kappa shape index (κ3) is 4.47. The van der Waals surface area contributed by atoms with Crippen LogP contribution in [-0.2, 0) is 0 Å². The quantitative estimate of drug-likeness (QED) is 0.861. The average Bonchev–Trinajstić information content (AvgIpc) is 2.73. The van der Waals surface area contributed by atoms with Crippen molar-refractivity contribution in [3.05, 3.63) is 59.7 Å². The number of halogens is 1. The molecule has 1 fully saturated rings. The van der Waals surface area contributed by atoms with E-state index in [-0.39, 0.29) is 35.1 Å². The second kappa shape index (κ2) is 8.82. The molecule has 0 radical (unpaired) electrons. The Morgan fingerprint density at radius 3 is 2.43 bits per heavy atom. The maximum Gasteiger partial charge on any atom is 0.272 e. The van der Waals surface area contributed by atoms with Crippen molar-refractivity contribution in [1.82, 2.24) is 15.2 Å². The van der Waals surface area contributed by atoms with E-state index in [1.54, 1.807) is 41.3 Å². The topological polar surface area (TPSA) is 65.5 Å². The van der Waals surface area contributed by atoms with Gasteiger partial charge in [-0.2, -0.15) is 0 Å². The lowest BCUT2D eigenvalue weighted by molar-refractivity contribution is 0.0740. The van der Waals surface area contributed by atoms with Crippen LogP contribution in [0.1, 0.15) is 41.2 Å². The normalized spacial score (nSPS) is 15.2. The Morgan fingerprint density at radius 2 is 1.75 bits per heavy atom. The molecule has 2 aromatic rings. The summed E-state index contributed by atoms with van der Waals surface area (Å²) in [5, 5.41) is 2.85. The molecule has 6 nitrogen and oxygen atoms in total. The second-order valence-corrected chi connectivity index (χ2v) is 6.92. The van der Waals surface area contributed by atoms with Crippen molar-refractivity contribution < 1.29 is 14.0 Å². The van der Waals surface area contributed by atoms with Crippen LogP contribution in [0.2, 0.25) is 0 Å². The number of carbonyl (C=O) groups excluding carboxylic acids is 2. The highest BCUT2D eigenvalue weighted by atomic mass is 19.1. The Bertz CT molecular complexity index is 850. The number of nitrogens with zero attached hydrogens (tertiary/aromatic N) is 3. The van der Waals surface area contributed by atoms with E-state index in [0.717, 1.165) is 6.42 Å². The van der Waals surface area contributed by atoms with E-state index in [4.69, 9.17) is 0 Å². The fraction of sp³-hybridized carbons (Fsp3) is 0.381. The van der Waals surface area contributed by atoms with Crippen LogP contribution in [0.3, 0.4) is 0 Å². The number of benzene rings is 1. The number of aromatic nitrogens is 1. The van der Waals surface area contributed by atoms with Crippen molar-refractivity contribution >= 4 is 17.5 Å². The van der Waals surface area contributed by atoms with Gasteiger partial charge in [-0.15, -0.1) is 0 Å². The molecule has 1 saturated heterocycles. The predicted molar refractivity (Wildman–Crippen MR) is 106 cm³/mol. The molecule has 1 aliphatic rings. The lowest BCUT2D eigenvalue weighted by Crippen LogP contribution is -2.49. The number of hydrogen-bond acceptors (Lipinski definition) is 4. The number of para-hydroxylation sites is 1. The standard InChI is InChI=1S/C21H25FN4O2/c1-3-15(2)23-20(27)17-8-6-9-18(24-17)21(28)26-13-11-25(12-14-26)19-10-5-4-7-16(19)22/h4-10,15H,3,11-14H2,1-2H3,(H,23,27). The fourth-order valence-corrected chi connectivity index (χ4v) is 3.10. The van der Waals surface area contributed by atoms with E-state index in [1.165, 1.54) is 6.07 Å². The molecule has 1 aliphatic heterocycles. The molecule has 0 spiro atoms. The number of amides is 2. The second-order valence-electron chi connectivity index (χ2n) is 6.92. The van der Waals surface area contributed by atoms with Crippen LogP contribution < -0.4 is 10.2 Å². The summed E-state index contributed by atoms with van der Waals surface area (Å²) in [5.41, 5.74) is 1.03. The van der Waals surface area contributed by atoms with E-state index in [9.17, 15) is 14.0 Å². The lowest BCUT2D eigenvalue weighted by Gasteiger charge is -2.36. The summed E-state index contributed by atoms with van der Waals surface area (Å²) in [5.74, 6) is -0.760. The SMILES string of the molecule is CCC(C)NC(=O)c1cccc(C(=O)N2CCN(c3ccccc3F)CC2)n1. The molecule has 1 atom stereocenters. The summed E-state index contributed by atoms with van der Waals surface area (Å²) in [6.07, 6.45) is 0.816. The van der Waals surface area contributed by atoms with Gasteiger partial charge in [0.25, 0.3) is 11.8 Å². The van der Waals surface area contributed by atoms with Gasteiger partial charge in [-0.25, -0.2) is 9.37 Å². The van der Waals surface area contributed by atoms with Crippen LogP contribution in [0, 0.1) is 5.82 Å². The number of pyridine rings is 1. The zero-order valence-electron chi connectivity index (χ0n) is 16.2. The molecule has 7 heteroatoms. The highest BCUT2D eigenvalue weighted by Crippen LogP contribution is 2.20. The molecule has 1 unspecified atom stereocenters. The minimum atomic E-state index is -0.284. The van der Waals surface area contributed by atoms with E-state index in [2.05, 4.69) is 10.3 Å².